The van der Waals surface area contributed by atoms with Gasteiger partial charge in [-0.3, -0.25) is 0 Å². The number of rotatable bonds is 8. The number of anilines is 1. The SMILES string of the molecule is CC[C@H](C)[C@@H](Nc1nc(F)c(Cl)c(Oc2ccc(O)c(C(C)C)c2)c1Cl)C(=O)O. The van der Waals surface area contributed by atoms with Crippen LogP contribution in [0.25, 0.3) is 0 Å². The van der Waals surface area contributed by atoms with Crippen LogP contribution in [0.5, 0.6) is 17.2 Å². The molecule has 0 saturated heterocycles. The number of carboxylic acid groups (broad SMARTS) is 1. The van der Waals surface area contributed by atoms with Gasteiger partial charge in [0.2, 0.25) is 5.95 Å². The number of aromatic hydroxyl groups is 1. The molecule has 3 N–H and O–H groups in total. The fourth-order valence-corrected chi connectivity index (χ4v) is 3.14. The number of phenols is 1. The van der Waals surface area contributed by atoms with Gasteiger partial charge in [0.25, 0.3) is 0 Å². The van der Waals surface area contributed by atoms with E-state index >= 15 is 0 Å². The molecule has 2 rings (SSSR count). The molecule has 0 aliphatic carbocycles. The molecule has 9 heteroatoms. The van der Waals surface area contributed by atoms with Crippen molar-refractivity contribution < 1.29 is 24.1 Å². The second-order valence-electron chi connectivity index (χ2n) is 7.03. The summed E-state index contributed by atoms with van der Waals surface area (Å²) in [6.07, 6.45) is 0.576. The van der Waals surface area contributed by atoms with Crippen LogP contribution in [0, 0.1) is 11.9 Å². The van der Waals surface area contributed by atoms with Crippen molar-refractivity contribution in [2.75, 3.05) is 5.32 Å². The summed E-state index contributed by atoms with van der Waals surface area (Å²) in [6, 6.07) is 3.50. The summed E-state index contributed by atoms with van der Waals surface area (Å²) in [5.74, 6) is -2.41. The highest BCUT2D eigenvalue weighted by Crippen LogP contribution is 2.42. The van der Waals surface area contributed by atoms with E-state index in [0.717, 1.165) is 0 Å². The molecular formula is C20H23Cl2FN2O4. The number of pyridine rings is 1. The second-order valence-corrected chi connectivity index (χ2v) is 7.79. The number of carboxylic acids is 1. The first-order valence-electron chi connectivity index (χ1n) is 9.11. The minimum absolute atomic E-state index is 0.0164. The molecule has 29 heavy (non-hydrogen) atoms. The van der Waals surface area contributed by atoms with Crippen molar-refractivity contribution in [1.29, 1.82) is 0 Å². The van der Waals surface area contributed by atoms with Gasteiger partial charge in [0, 0.05) is 5.56 Å². The fraction of sp³-hybridized carbons (Fsp3) is 0.400. The summed E-state index contributed by atoms with van der Waals surface area (Å²) in [5.41, 5.74) is 0.630. The highest BCUT2D eigenvalue weighted by atomic mass is 35.5. The average molecular weight is 445 g/mol. The van der Waals surface area contributed by atoms with E-state index in [-0.39, 0.29) is 39.9 Å². The van der Waals surface area contributed by atoms with Crippen LogP contribution in [0.2, 0.25) is 10.0 Å². The second kappa shape index (κ2) is 9.50. The topological polar surface area (TPSA) is 91.7 Å². The monoisotopic (exact) mass is 444 g/mol. The number of nitrogens with zero attached hydrogens (tertiary/aromatic N) is 1. The Labute approximate surface area is 178 Å². The Bertz CT molecular complexity index is 909. The van der Waals surface area contributed by atoms with Crippen LogP contribution in [0.1, 0.15) is 45.6 Å². The van der Waals surface area contributed by atoms with Gasteiger partial charge in [-0.1, -0.05) is 57.3 Å². The number of halogens is 3. The predicted octanol–water partition coefficient (Wildman–Crippen LogP) is 6.06. The van der Waals surface area contributed by atoms with Gasteiger partial charge < -0.3 is 20.3 Å². The van der Waals surface area contributed by atoms with Gasteiger partial charge in [-0.15, -0.1) is 0 Å². The lowest BCUT2D eigenvalue weighted by atomic mass is 9.99. The number of phenolic OH excluding ortho intramolecular Hbond substituents is 1. The van der Waals surface area contributed by atoms with E-state index in [9.17, 15) is 19.4 Å². The average Bonchev–Trinajstić information content (AvgIpc) is 2.67. The van der Waals surface area contributed by atoms with E-state index < -0.39 is 23.0 Å². The molecule has 6 nitrogen and oxygen atoms in total. The van der Waals surface area contributed by atoms with Gasteiger partial charge in [-0.2, -0.15) is 9.37 Å². The van der Waals surface area contributed by atoms with E-state index in [1.54, 1.807) is 13.0 Å². The summed E-state index contributed by atoms with van der Waals surface area (Å²) in [7, 11) is 0. The van der Waals surface area contributed by atoms with E-state index in [2.05, 4.69) is 10.3 Å². The maximum absolute atomic E-state index is 14.3. The van der Waals surface area contributed by atoms with Crippen LogP contribution in [-0.4, -0.2) is 27.2 Å². The van der Waals surface area contributed by atoms with Crippen molar-refractivity contribution in [3.63, 3.8) is 0 Å². The zero-order valence-corrected chi connectivity index (χ0v) is 18.0. The van der Waals surface area contributed by atoms with Gasteiger partial charge in [0.05, 0.1) is 0 Å². The van der Waals surface area contributed by atoms with Crippen LogP contribution in [-0.2, 0) is 4.79 Å². The van der Waals surface area contributed by atoms with Crippen molar-refractivity contribution in [2.45, 2.75) is 46.1 Å². The standard InChI is InChI=1S/C20H23Cl2FN2O4/c1-5-10(4)16(20(27)28)24-19-15(22)17(14(21)18(23)25-19)29-11-6-7-13(26)12(8-11)9(2)3/h6-10,16,26H,5H2,1-4H3,(H,24,25)(H,27,28)/t10-,16+/m0/s1. The molecule has 0 unspecified atom stereocenters. The molecule has 0 saturated carbocycles. The number of benzene rings is 1. The summed E-state index contributed by atoms with van der Waals surface area (Å²) < 4.78 is 20.0. The van der Waals surface area contributed by atoms with E-state index in [1.807, 2.05) is 20.8 Å². The Hall–Kier alpha value is -2.25. The fourth-order valence-electron chi connectivity index (χ4n) is 2.69. The Morgan fingerprint density at radius 1 is 1.28 bits per heavy atom. The van der Waals surface area contributed by atoms with Crippen molar-refractivity contribution in [2.24, 2.45) is 5.92 Å². The van der Waals surface area contributed by atoms with Crippen LogP contribution >= 0.6 is 23.2 Å². The van der Waals surface area contributed by atoms with Gasteiger partial charge in [0.15, 0.2) is 11.6 Å². The molecule has 1 aromatic heterocycles. The summed E-state index contributed by atoms with van der Waals surface area (Å²) in [5, 5.41) is 21.5. The van der Waals surface area contributed by atoms with Crippen molar-refractivity contribution >= 4 is 35.0 Å². The summed E-state index contributed by atoms with van der Waals surface area (Å²) >= 11 is 12.3. The predicted molar refractivity (Wildman–Crippen MR) is 111 cm³/mol. The van der Waals surface area contributed by atoms with Gasteiger partial charge in [0.1, 0.15) is 27.6 Å². The number of hydrogen-bond acceptors (Lipinski definition) is 5. The van der Waals surface area contributed by atoms with E-state index in [0.29, 0.717) is 12.0 Å². The molecular weight excluding hydrogens is 422 g/mol. The zero-order chi connectivity index (χ0) is 21.9. The smallest absolute Gasteiger partial charge is 0.326 e. The molecule has 0 radical (unpaired) electrons. The van der Waals surface area contributed by atoms with Gasteiger partial charge >= 0.3 is 5.97 Å². The highest BCUT2D eigenvalue weighted by molar-refractivity contribution is 6.38. The maximum Gasteiger partial charge on any atom is 0.326 e. The largest absolute Gasteiger partial charge is 0.508 e. The number of ether oxygens (including phenoxy) is 1. The van der Waals surface area contributed by atoms with E-state index in [4.69, 9.17) is 27.9 Å². The molecule has 0 amide bonds. The molecule has 2 atom stereocenters. The molecule has 0 aliphatic heterocycles. The number of nitrogens with one attached hydrogen (secondary N) is 1. The van der Waals surface area contributed by atoms with Crippen LogP contribution < -0.4 is 10.1 Å². The maximum atomic E-state index is 14.3. The summed E-state index contributed by atoms with van der Waals surface area (Å²) in [6.45, 7) is 7.38. The minimum Gasteiger partial charge on any atom is -0.508 e. The zero-order valence-electron chi connectivity index (χ0n) is 16.5. The molecule has 1 heterocycles. The Kier molecular flexibility index (Phi) is 7.54. The lowest BCUT2D eigenvalue weighted by Crippen LogP contribution is -2.35. The first kappa shape index (κ1) is 23.0. The summed E-state index contributed by atoms with van der Waals surface area (Å²) in [4.78, 5) is 15.2. The third-order valence-electron chi connectivity index (χ3n) is 4.61. The normalized spacial score (nSPS) is 13.2. The van der Waals surface area contributed by atoms with Crippen molar-refractivity contribution in [1.82, 2.24) is 4.98 Å². The van der Waals surface area contributed by atoms with Crippen LogP contribution in [0.15, 0.2) is 18.2 Å². The molecule has 158 valence electrons. The number of aliphatic carboxylic acids is 1. The molecule has 0 fully saturated rings. The minimum atomic E-state index is -1.12. The quantitative estimate of drug-likeness (QED) is 0.428. The Balaban J connectivity index is 2.46. The lowest BCUT2D eigenvalue weighted by molar-refractivity contribution is -0.139. The molecule has 0 bridgehead atoms. The van der Waals surface area contributed by atoms with Crippen molar-refractivity contribution in [3.05, 3.63) is 39.8 Å². The van der Waals surface area contributed by atoms with Gasteiger partial charge in [-0.05, 0) is 30.0 Å². The molecule has 1 aromatic carbocycles. The Morgan fingerprint density at radius 3 is 2.48 bits per heavy atom. The first-order chi connectivity index (χ1) is 13.6. The number of aromatic nitrogens is 1. The first-order valence-corrected chi connectivity index (χ1v) is 9.86. The molecule has 0 aliphatic rings. The number of hydrogen-bond donors (Lipinski definition) is 3. The van der Waals surface area contributed by atoms with Crippen molar-refractivity contribution in [3.8, 4) is 17.2 Å². The lowest BCUT2D eigenvalue weighted by Gasteiger charge is -2.22. The third-order valence-corrected chi connectivity index (χ3v) is 5.29. The Morgan fingerprint density at radius 2 is 1.93 bits per heavy atom. The van der Waals surface area contributed by atoms with Gasteiger partial charge in [-0.25, -0.2) is 4.79 Å². The van der Waals surface area contributed by atoms with Crippen LogP contribution in [0.3, 0.4) is 0 Å². The molecule has 0 spiro atoms. The molecule has 2 aromatic rings. The van der Waals surface area contributed by atoms with E-state index in [1.165, 1.54) is 12.1 Å². The third kappa shape index (κ3) is 5.22. The number of carbonyl (C=O) groups is 1. The highest BCUT2D eigenvalue weighted by Gasteiger charge is 2.27. The van der Waals surface area contributed by atoms with Crippen LogP contribution in [0.4, 0.5) is 10.2 Å².